The van der Waals surface area contributed by atoms with Gasteiger partial charge in [0.1, 0.15) is 18.5 Å². The molecule has 13 heteroatoms. The number of fused-ring (bicyclic) bond motifs is 1. The number of ether oxygens (including phenoxy) is 1. The van der Waals surface area contributed by atoms with Crippen LogP contribution < -0.4 is 21.4 Å². The van der Waals surface area contributed by atoms with Crippen molar-refractivity contribution in [3.05, 3.63) is 91.1 Å². The molecule has 4 aromatic rings. The number of hydrogen-bond acceptors (Lipinski definition) is 9. The van der Waals surface area contributed by atoms with Crippen LogP contribution in [0.4, 0.5) is 11.6 Å². The van der Waals surface area contributed by atoms with E-state index in [4.69, 9.17) is 4.74 Å². The number of aromatic nitrogens is 4. The van der Waals surface area contributed by atoms with Gasteiger partial charge >= 0.3 is 5.69 Å². The van der Waals surface area contributed by atoms with E-state index in [0.29, 0.717) is 17.0 Å². The van der Waals surface area contributed by atoms with Crippen LogP contribution in [0.1, 0.15) is 12.5 Å². The minimum atomic E-state index is -1.03. The van der Waals surface area contributed by atoms with Crippen molar-refractivity contribution in [1.29, 1.82) is 0 Å². The molecular formula is C23H23N7O6. The molecule has 0 amide bonds. The number of hydrazone groups is 1. The van der Waals surface area contributed by atoms with Gasteiger partial charge in [-0.05, 0) is 36.8 Å². The number of anilines is 1. The predicted octanol–water partition coefficient (Wildman–Crippen LogP) is 1.61. The van der Waals surface area contributed by atoms with Gasteiger partial charge in [-0.15, -0.1) is 0 Å². The molecule has 36 heavy (non-hydrogen) atoms. The molecule has 2 aromatic heterocycles. The number of benzene rings is 2. The molecule has 186 valence electrons. The molecule has 0 unspecified atom stereocenters. The number of nitro benzene ring substituents is 1. The standard InChI is InChI=1S/C23H23N7O6/c1-14(15-8-10-16(11-9-15)30(34)35)26-27-22-24-20-19(21(32)25-23(33)28(20)2)29(22)12-17(31)13-36-18-6-4-3-5-7-18/h3-11,17,31H,12-13H2,1-2H3,(H,24,27)(H,25,32,33)/b26-14+/t17-/m1/s1. The lowest BCUT2D eigenvalue weighted by molar-refractivity contribution is -0.384. The second-order valence-electron chi connectivity index (χ2n) is 7.93. The number of aliphatic hydroxyl groups is 1. The van der Waals surface area contributed by atoms with Gasteiger partial charge in [-0.25, -0.2) is 10.2 Å². The normalized spacial score (nSPS) is 12.5. The first-order valence-corrected chi connectivity index (χ1v) is 10.8. The summed E-state index contributed by atoms with van der Waals surface area (Å²) in [6.07, 6.45) is -1.03. The first kappa shape index (κ1) is 24.3. The third kappa shape index (κ3) is 5.15. The number of rotatable bonds is 9. The molecule has 4 rings (SSSR count). The minimum Gasteiger partial charge on any atom is -0.491 e. The van der Waals surface area contributed by atoms with Crippen LogP contribution in [0.2, 0.25) is 0 Å². The largest absolute Gasteiger partial charge is 0.491 e. The topological polar surface area (TPSA) is 170 Å². The van der Waals surface area contributed by atoms with Gasteiger partial charge in [0.2, 0.25) is 5.95 Å². The van der Waals surface area contributed by atoms with Gasteiger partial charge in [0, 0.05) is 19.2 Å². The highest BCUT2D eigenvalue weighted by molar-refractivity contribution is 5.99. The van der Waals surface area contributed by atoms with E-state index in [1.807, 2.05) is 6.07 Å². The Morgan fingerprint density at radius 3 is 2.58 bits per heavy atom. The Morgan fingerprint density at radius 1 is 1.22 bits per heavy atom. The van der Waals surface area contributed by atoms with Crippen molar-refractivity contribution in [2.45, 2.75) is 19.6 Å². The fourth-order valence-electron chi connectivity index (χ4n) is 3.49. The summed E-state index contributed by atoms with van der Waals surface area (Å²) in [5.74, 6) is 0.686. The summed E-state index contributed by atoms with van der Waals surface area (Å²) in [5.41, 5.74) is 2.71. The molecule has 0 aliphatic heterocycles. The smallest absolute Gasteiger partial charge is 0.329 e. The van der Waals surface area contributed by atoms with Gasteiger partial charge in [-0.1, -0.05) is 18.2 Å². The molecule has 0 aliphatic carbocycles. The quantitative estimate of drug-likeness (QED) is 0.179. The molecule has 0 spiro atoms. The summed E-state index contributed by atoms with van der Waals surface area (Å²) in [7, 11) is 1.46. The van der Waals surface area contributed by atoms with E-state index in [2.05, 4.69) is 20.5 Å². The maximum atomic E-state index is 12.6. The summed E-state index contributed by atoms with van der Waals surface area (Å²) in [4.78, 5) is 41.7. The van der Waals surface area contributed by atoms with Crippen LogP contribution in [0.5, 0.6) is 5.75 Å². The number of aromatic amines is 1. The number of H-pyrrole nitrogens is 1. The SMILES string of the molecule is C/C(=N\Nc1nc2c(c(=O)[nH]c(=O)n2C)n1C[C@@H](O)COc1ccccc1)c1ccc([N+](=O)[O-])cc1. The molecule has 0 bridgehead atoms. The highest BCUT2D eigenvalue weighted by Crippen LogP contribution is 2.18. The molecular weight excluding hydrogens is 470 g/mol. The number of imidazole rings is 1. The monoisotopic (exact) mass is 493 g/mol. The summed E-state index contributed by atoms with van der Waals surface area (Å²) in [6.45, 7) is 1.54. The molecule has 0 saturated heterocycles. The minimum absolute atomic E-state index is 0.0480. The van der Waals surface area contributed by atoms with Gasteiger partial charge in [-0.2, -0.15) is 10.1 Å². The Hall–Kier alpha value is -4.78. The number of aryl methyl sites for hydroxylation is 1. The summed E-state index contributed by atoms with van der Waals surface area (Å²) in [5, 5.41) is 25.8. The maximum Gasteiger partial charge on any atom is 0.329 e. The second kappa shape index (κ2) is 10.2. The van der Waals surface area contributed by atoms with Gasteiger partial charge in [0.15, 0.2) is 11.2 Å². The van der Waals surface area contributed by atoms with E-state index in [1.54, 1.807) is 43.3 Å². The van der Waals surface area contributed by atoms with Crippen molar-refractivity contribution in [1.82, 2.24) is 19.1 Å². The van der Waals surface area contributed by atoms with E-state index >= 15 is 0 Å². The van der Waals surface area contributed by atoms with Crippen molar-refractivity contribution in [3.63, 3.8) is 0 Å². The fraction of sp³-hybridized carbons (Fsp3) is 0.217. The number of hydrogen-bond donors (Lipinski definition) is 3. The number of non-ortho nitro benzene ring substituents is 1. The van der Waals surface area contributed by atoms with Crippen molar-refractivity contribution >= 4 is 28.5 Å². The molecule has 0 fully saturated rings. The number of nitrogens with one attached hydrogen (secondary N) is 2. The number of nitrogens with zero attached hydrogens (tertiary/aromatic N) is 5. The van der Waals surface area contributed by atoms with Crippen LogP contribution in [0.25, 0.3) is 11.2 Å². The van der Waals surface area contributed by atoms with Gasteiger partial charge in [0.25, 0.3) is 11.2 Å². The van der Waals surface area contributed by atoms with Crippen LogP contribution in [0.15, 0.2) is 69.3 Å². The van der Waals surface area contributed by atoms with E-state index < -0.39 is 22.3 Å². The Kier molecular flexibility index (Phi) is 6.92. The third-order valence-corrected chi connectivity index (χ3v) is 5.41. The lowest BCUT2D eigenvalue weighted by atomic mass is 10.1. The molecule has 13 nitrogen and oxygen atoms in total. The highest BCUT2D eigenvalue weighted by atomic mass is 16.6. The molecule has 2 heterocycles. The van der Waals surface area contributed by atoms with Crippen molar-refractivity contribution < 1.29 is 14.8 Å². The Labute approximate surface area is 203 Å². The van der Waals surface area contributed by atoms with E-state index in [0.717, 1.165) is 0 Å². The number of nitro groups is 1. The van der Waals surface area contributed by atoms with E-state index in [9.17, 15) is 24.8 Å². The maximum absolute atomic E-state index is 12.6. The zero-order valence-corrected chi connectivity index (χ0v) is 19.4. The average molecular weight is 493 g/mol. The first-order chi connectivity index (χ1) is 17.2. The van der Waals surface area contributed by atoms with Crippen LogP contribution in [-0.2, 0) is 13.6 Å². The zero-order valence-electron chi connectivity index (χ0n) is 19.4. The molecule has 0 aliphatic rings. The molecule has 2 aromatic carbocycles. The predicted molar refractivity (Wildman–Crippen MR) is 132 cm³/mol. The summed E-state index contributed by atoms with van der Waals surface area (Å²) in [6, 6.07) is 14.8. The Morgan fingerprint density at radius 2 is 1.92 bits per heavy atom. The third-order valence-electron chi connectivity index (χ3n) is 5.41. The molecule has 3 N–H and O–H groups in total. The zero-order chi connectivity index (χ0) is 25.8. The first-order valence-electron chi connectivity index (χ1n) is 10.8. The Bertz CT molecular complexity index is 1540. The average Bonchev–Trinajstić information content (AvgIpc) is 3.24. The molecule has 0 saturated carbocycles. The van der Waals surface area contributed by atoms with Crippen molar-refractivity contribution in [3.8, 4) is 5.75 Å². The molecule has 0 radical (unpaired) electrons. The van der Waals surface area contributed by atoms with Gasteiger partial charge in [-0.3, -0.25) is 24.5 Å². The van der Waals surface area contributed by atoms with Crippen molar-refractivity contribution in [2.24, 2.45) is 12.1 Å². The number of aliphatic hydroxyl groups excluding tert-OH is 1. The highest BCUT2D eigenvalue weighted by Gasteiger charge is 2.20. The summed E-state index contributed by atoms with van der Waals surface area (Å²) >= 11 is 0. The molecule has 1 atom stereocenters. The van der Waals surface area contributed by atoms with E-state index in [1.165, 1.54) is 28.3 Å². The van der Waals surface area contributed by atoms with Gasteiger partial charge < -0.3 is 14.4 Å². The fourth-order valence-corrected chi connectivity index (χ4v) is 3.49. The van der Waals surface area contributed by atoms with Crippen LogP contribution in [0, 0.1) is 10.1 Å². The van der Waals surface area contributed by atoms with Crippen molar-refractivity contribution in [2.75, 3.05) is 12.0 Å². The lowest BCUT2D eigenvalue weighted by Gasteiger charge is -2.15. The van der Waals surface area contributed by atoms with Gasteiger partial charge in [0.05, 0.1) is 17.2 Å². The summed E-state index contributed by atoms with van der Waals surface area (Å²) < 4.78 is 8.20. The van der Waals surface area contributed by atoms with Crippen LogP contribution in [-0.4, -0.2) is 47.6 Å². The number of para-hydroxylation sites is 1. The Balaban J connectivity index is 1.64. The van der Waals surface area contributed by atoms with Crippen LogP contribution >= 0.6 is 0 Å². The van der Waals surface area contributed by atoms with E-state index in [-0.39, 0.29) is 36.0 Å². The lowest BCUT2D eigenvalue weighted by Crippen LogP contribution is -2.30. The van der Waals surface area contributed by atoms with Crippen LogP contribution in [0.3, 0.4) is 0 Å². The second-order valence-corrected chi connectivity index (χ2v) is 7.93.